The second-order valence-electron chi connectivity index (χ2n) is 5.05. The van der Waals surface area contributed by atoms with Gasteiger partial charge in [0.05, 0.1) is 5.02 Å². The third-order valence-corrected chi connectivity index (χ3v) is 5.15. The summed E-state index contributed by atoms with van der Waals surface area (Å²) in [6.45, 7) is 0. The number of amides is 1. The highest BCUT2D eigenvalue weighted by Crippen LogP contribution is 2.35. The van der Waals surface area contributed by atoms with Gasteiger partial charge in [-0.25, -0.2) is 0 Å². The summed E-state index contributed by atoms with van der Waals surface area (Å²) in [5.74, 6) is 0.0874. The Balaban J connectivity index is 1.57. The molecule has 0 bridgehead atoms. The molecule has 4 rings (SSSR count). The first-order valence-electron chi connectivity index (χ1n) is 7.18. The van der Waals surface area contributed by atoms with Crippen molar-refractivity contribution in [1.29, 1.82) is 0 Å². The predicted molar refractivity (Wildman–Crippen MR) is 97.5 cm³/mol. The molecular formula is C17H11ClN4OS. The van der Waals surface area contributed by atoms with Crippen molar-refractivity contribution >= 4 is 56.6 Å². The minimum absolute atomic E-state index is 0.290. The smallest absolute Gasteiger partial charge is 0.250 e. The Labute approximate surface area is 146 Å². The maximum Gasteiger partial charge on any atom is 0.250 e. The van der Waals surface area contributed by atoms with E-state index in [1.807, 2.05) is 42.5 Å². The van der Waals surface area contributed by atoms with Crippen molar-refractivity contribution < 1.29 is 4.79 Å². The van der Waals surface area contributed by atoms with Gasteiger partial charge in [-0.1, -0.05) is 35.9 Å². The van der Waals surface area contributed by atoms with Crippen LogP contribution in [-0.4, -0.2) is 20.5 Å². The van der Waals surface area contributed by atoms with Crippen molar-refractivity contribution in [2.75, 3.05) is 5.32 Å². The Hall–Kier alpha value is -2.70. The molecule has 0 saturated heterocycles. The average molecular weight is 355 g/mol. The maximum atomic E-state index is 12.1. The molecule has 1 amide bonds. The van der Waals surface area contributed by atoms with Crippen molar-refractivity contribution in [1.82, 2.24) is 14.6 Å². The fraction of sp³-hybridized carbons (Fsp3) is 0. The third-order valence-electron chi connectivity index (χ3n) is 3.49. The summed E-state index contributed by atoms with van der Waals surface area (Å²) in [5.41, 5.74) is 0.671. The summed E-state index contributed by atoms with van der Waals surface area (Å²) >= 11 is 7.91. The molecule has 7 heteroatoms. The fourth-order valence-corrected chi connectivity index (χ4v) is 3.77. The van der Waals surface area contributed by atoms with Crippen LogP contribution in [0.3, 0.4) is 0 Å². The number of carbonyl (C=O) groups excluding carboxylic acids is 1. The van der Waals surface area contributed by atoms with Gasteiger partial charge in [0.25, 0.3) is 5.91 Å². The quantitative estimate of drug-likeness (QED) is 0.559. The number of nitrogens with zero attached hydrogens (tertiary/aromatic N) is 3. The molecule has 0 aliphatic rings. The Morgan fingerprint density at radius 1 is 1.17 bits per heavy atom. The monoisotopic (exact) mass is 354 g/mol. The van der Waals surface area contributed by atoms with Gasteiger partial charge in [-0.05, 0) is 24.3 Å². The van der Waals surface area contributed by atoms with Crippen LogP contribution >= 0.6 is 22.9 Å². The normalized spacial score (nSPS) is 11.5. The number of rotatable bonds is 3. The molecule has 0 spiro atoms. The lowest BCUT2D eigenvalue weighted by Gasteiger charge is -1.99. The molecule has 0 aliphatic carbocycles. The van der Waals surface area contributed by atoms with Crippen LogP contribution in [0.15, 0.2) is 54.7 Å². The molecule has 0 fully saturated rings. The summed E-state index contributed by atoms with van der Waals surface area (Å²) in [7, 11) is 0. The average Bonchev–Trinajstić information content (AvgIpc) is 3.15. The van der Waals surface area contributed by atoms with Crippen LogP contribution in [0, 0.1) is 0 Å². The summed E-state index contributed by atoms with van der Waals surface area (Å²) in [4.78, 5) is 13.0. The highest BCUT2D eigenvalue weighted by Gasteiger charge is 2.09. The number of benzene rings is 1. The van der Waals surface area contributed by atoms with Crippen molar-refractivity contribution in [3.05, 3.63) is 64.6 Å². The number of aromatic nitrogens is 3. The van der Waals surface area contributed by atoms with E-state index in [1.54, 1.807) is 28.0 Å². The lowest BCUT2D eigenvalue weighted by atomic mass is 10.2. The van der Waals surface area contributed by atoms with Crippen LogP contribution in [-0.2, 0) is 4.79 Å². The summed E-state index contributed by atoms with van der Waals surface area (Å²) in [5, 5.41) is 12.3. The standard InChI is InChI=1S/C17H11ClN4OS/c18-16-11-5-1-2-6-12(11)24-13(16)8-9-15(23)19-17-21-20-14-7-3-4-10-22(14)17/h1-10H,(H,19,21,23)/b9-8+. The number of thiophene rings is 1. The molecule has 5 nitrogen and oxygen atoms in total. The summed E-state index contributed by atoms with van der Waals surface area (Å²) in [6, 6.07) is 13.4. The van der Waals surface area contributed by atoms with Crippen molar-refractivity contribution in [2.24, 2.45) is 0 Å². The van der Waals surface area contributed by atoms with Crippen LogP contribution in [0.2, 0.25) is 5.02 Å². The van der Waals surface area contributed by atoms with Gasteiger partial charge >= 0.3 is 0 Å². The predicted octanol–water partition coefficient (Wildman–Crippen LogP) is 4.25. The highest BCUT2D eigenvalue weighted by atomic mass is 35.5. The number of pyridine rings is 1. The first kappa shape index (κ1) is 14.9. The van der Waals surface area contributed by atoms with E-state index in [0.29, 0.717) is 16.6 Å². The molecule has 0 unspecified atom stereocenters. The number of nitrogens with one attached hydrogen (secondary N) is 1. The summed E-state index contributed by atoms with van der Waals surface area (Å²) < 4.78 is 2.80. The van der Waals surface area contributed by atoms with Crippen molar-refractivity contribution in [3.8, 4) is 0 Å². The van der Waals surface area contributed by atoms with E-state index in [9.17, 15) is 4.79 Å². The van der Waals surface area contributed by atoms with E-state index in [4.69, 9.17) is 11.6 Å². The van der Waals surface area contributed by atoms with Crippen molar-refractivity contribution in [2.45, 2.75) is 0 Å². The molecule has 1 aromatic carbocycles. The zero-order valence-electron chi connectivity index (χ0n) is 12.3. The minimum Gasteiger partial charge on any atom is -0.291 e. The number of carbonyl (C=O) groups is 1. The highest BCUT2D eigenvalue weighted by molar-refractivity contribution is 7.20. The van der Waals surface area contributed by atoms with Crippen LogP contribution in [0.1, 0.15) is 4.88 Å². The summed E-state index contributed by atoms with van der Waals surface area (Å²) in [6.07, 6.45) is 4.95. The van der Waals surface area contributed by atoms with Crippen LogP contribution in [0.5, 0.6) is 0 Å². The molecular weight excluding hydrogens is 344 g/mol. The number of fused-ring (bicyclic) bond motifs is 2. The number of halogens is 1. The number of hydrogen-bond donors (Lipinski definition) is 1. The fourth-order valence-electron chi connectivity index (χ4n) is 2.37. The third kappa shape index (κ3) is 2.66. The van der Waals surface area contributed by atoms with E-state index in [2.05, 4.69) is 15.5 Å². The molecule has 3 aromatic heterocycles. The minimum atomic E-state index is -0.290. The van der Waals surface area contributed by atoms with Crippen LogP contribution < -0.4 is 5.32 Å². The van der Waals surface area contributed by atoms with Gasteiger partial charge in [0.15, 0.2) is 5.65 Å². The second-order valence-corrected chi connectivity index (χ2v) is 6.51. The molecule has 0 saturated carbocycles. The van der Waals surface area contributed by atoms with E-state index < -0.39 is 0 Å². The van der Waals surface area contributed by atoms with Gasteiger partial charge < -0.3 is 0 Å². The molecule has 118 valence electrons. The Morgan fingerprint density at radius 3 is 2.88 bits per heavy atom. The lowest BCUT2D eigenvalue weighted by Crippen LogP contribution is -2.10. The molecule has 24 heavy (non-hydrogen) atoms. The zero-order chi connectivity index (χ0) is 16.5. The Bertz CT molecular complexity index is 1080. The van der Waals surface area contributed by atoms with E-state index in [-0.39, 0.29) is 5.91 Å². The van der Waals surface area contributed by atoms with Gasteiger partial charge in [-0.2, -0.15) is 0 Å². The van der Waals surface area contributed by atoms with Gasteiger partial charge in [0.2, 0.25) is 5.95 Å². The van der Waals surface area contributed by atoms with Crippen LogP contribution in [0.4, 0.5) is 5.95 Å². The molecule has 0 radical (unpaired) electrons. The SMILES string of the molecule is O=C(/C=C/c1sc2ccccc2c1Cl)Nc1nnc2ccccn12. The molecule has 0 atom stereocenters. The molecule has 1 N–H and O–H groups in total. The second kappa shape index (κ2) is 6.07. The van der Waals surface area contributed by atoms with Gasteiger partial charge in [0, 0.05) is 27.2 Å². The topological polar surface area (TPSA) is 59.3 Å². The molecule has 0 aliphatic heterocycles. The Morgan fingerprint density at radius 2 is 2.00 bits per heavy atom. The van der Waals surface area contributed by atoms with Gasteiger partial charge in [0.1, 0.15) is 0 Å². The zero-order valence-corrected chi connectivity index (χ0v) is 13.9. The number of hydrogen-bond acceptors (Lipinski definition) is 4. The van der Waals surface area contributed by atoms with E-state index in [1.165, 1.54) is 6.08 Å². The van der Waals surface area contributed by atoms with Crippen molar-refractivity contribution in [3.63, 3.8) is 0 Å². The van der Waals surface area contributed by atoms with Crippen LogP contribution in [0.25, 0.3) is 21.8 Å². The maximum absolute atomic E-state index is 12.1. The lowest BCUT2D eigenvalue weighted by molar-refractivity contribution is -0.111. The number of anilines is 1. The first-order valence-corrected chi connectivity index (χ1v) is 8.38. The molecule has 4 aromatic rings. The Kier molecular flexibility index (Phi) is 3.76. The van der Waals surface area contributed by atoms with E-state index in [0.717, 1.165) is 15.0 Å². The van der Waals surface area contributed by atoms with Gasteiger partial charge in [-0.3, -0.25) is 14.5 Å². The molecule has 3 heterocycles. The van der Waals surface area contributed by atoms with Gasteiger partial charge in [-0.15, -0.1) is 21.5 Å². The van der Waals surface area contributed by atoms with E-state index >= 15 is 0 Å². The largest absolute Gasteiger partial charge is 0.291 e. The first-order chi connectivity index (χ1) is 11.7.